The predicted octanol–water partition coefficient (Wildman–Crippen LogP) is 1.38. The van der Waals surface area contributed by atoms with Crippen LogP contribution in [0.25, 0.3) is 0 Å². The number of nitrogens with zero attached hydrogens (tertiary/aromatic N) is 2. The largest absolute Gasteiger partial charge is 0.389 e. The number of hydrogen-bond donors (Lipinski definition) is 1. The molecule has 19 heavy (non-hydrogen) atoms. The molecule has 2 saturated carbocycles. The summed E-state index contributed by atoms with van der Waals surface area (Å²) in [7, 11) is 0. The molecule has 0 bridgehead atoms. The average molecular weight is 266 g/mol. The van der Waals surface area contributed by atoms with Crippen molar-refractivity contribution >= 4 is 5.91 Å². The molecule has 0 radical (unpaired) electrons. The minimum Gasteiger partial charge on any atom is -0.389 e. The standard InChI is InChI=1S/C15H26N2O2/c18-14(12-15(19)6-2-1-3-7-15)17-10-8-16(9-11-17)13-4-5-13/h13,19H,1-12H2. The van der Waals surface area contributed by atoms with E-state index in [1.165, 1.54) is 19.3 Å². The van der Waals surface area contributed by atoms with E-state index >= 15 is 0 Å². The molecular weight excluding hydrogens is 240 g/mol. The number of carbonyl (C=O) groups excluding carboxylic acids is 1. The van der Waals surface area contributed by atoms with Gasteiger partial charge in [-0.3, -0.25) is 9.69 Å². The van der Waals surface area contributed by atoms with Gasteiger partial charge in [-0.1, -0.05) is 19.3 Å². The molecule has 1 amide bonds. The summed E-state index contributed by atoms with van der Waals surface area (Å²) in [5.74, 6) is 0.167. The summed E-state index contributed by atoms with van der Waals surface area (Å²) in [6, 6.07) is 0.805. The minimum absolute atomic E-state index is 0.167. The van der Waals surface area contributed by atoms with Gasteiger partial charge in [0.1, 0.15) is 0 Å². The second-order valence-corrected chi connectivity index (χ2v) is 6.61. The Kier molecular flexibility index (Phi) is 3.81. The molecule has 1 saturated heterocycles. The zero-order chi connectivity index (χ0) is 13.3. The van der Waals surface area contributed by atoms with E-state index in [1.54, 1.807) is 0 Å². The van der Waals surface area contributed by atoms with Crippen molar-refractivity contribution in [3.8, 4) is 0 Å². The Morgan fingerprint density at radius 3 is 2.26 bits per heavy atom. The molecule has 108 valence electrons. The molecule has 1 aliphatic heterocycles. The summed E-state index contributed by atoms with van der Waals surface area (Å²) in [4.78, 5) is 16.8. The molecule has 0 aromatic carbocycles. The average Bonchev–Trinajstić information content (AvgIpc) is 3.23. The van der Waals surface area contributed by atoms with E-state index in [0.717, 1.165) is 57.9 Å². The van der Waals surface area contributed by atoms with Crippen LogP contribution < -0.4 is 0 Å². The number of amides is 1. The monoisotopic (exact) mass is 266 g/mol. The Morgan fingerprint density at radius 1 is 1.05 bits per heavy atom. The fraction of sp³-hybridized carbons (Fsp3) is 0.933. The summed E-state index contributed by atoms with van der Waals surface area (Å²) >= 11 is 0. The lowest BCUT2D eigenvalue weighted by atomic mass is 9.82. The van der Waals surface area contributed by atoms with Crippen molar-refractivity contribution in [1.29, 1.82) is 0 Å². The van der Waals surface area contributed by atoms with Crippen LogP contribution in [0.15, 0.2) is 0 Å². The third-order valence-electron chi connectivity index (χ3n) is 4.99. The maximum Gasteiger partial charge on any atom is 0.225 e. The Labute approximate surface area is 115 Å². The van der Waals surface area contributed by atoms with Crippen LogP contribution in [0, 0.1) is 0 Å². The lowest BCUT2D eigenvalue weighted by Crippen LogP contribution is -2.51. The lowest BCUT2D eigenvalue weighted by Gasteiger charge is -2.38. The third kappa shape index (κ3) is 3.29. The Bertz CT molecular complexity index is 327. The van der Waals surface area contributed by atoms with E-state index in [2.05, 4.69) is 4.90 Å². The van der Waals surface area contributed by atoms with Crippen molar-refractivity contribution in [1.82, 2.24) is 9.80 Å². The molecule has 3 fully saturated rings. The summed E-state index contributed by atoms with van der Waals surface area (Å²) < 4.78 is 0. The zero-order valence-corrected chi connectivity index (χ0v) is 11.8. The van der Waals surface area contributed by atoms with Crippen LogP contribution in [-0.4, -0.2) is 58.6 Å². The lowest BCUT2D eigenvalue weighted by molar-refractivity contribution is -0.139. The second-order valence-electron chi connectivity index (χ2n) is 6.61. The number of rotatable bonds is 3. The fourth-order valence-electron chi connectivity index (χ4n) is 3.56. The molecule has 0 aromatic heterocycles. The van der Waals surface area contributed by atoms with Crippen molar-refractivity contribution in [3.63, 3.8) is 0 Å². The van der Waals surface area contributed by atoms with Crippen molar-refractivity contribution in [2.75, 3.05) is 26.2 Å². The van der Waals surface area contributed by atoms with Gasteiger partial charge in [0.2, 0.25) is 5.91 Å². The Morgan fingerprint density at radius 2 is 1.68 bits per heavy atom. The zero-order valence-electron chi connectivity index (χ0n) is 11.8. The van der Waals surface area contributed by atoms with Crippen LogP contribution in [-0.2, 0) is 4.79 Å². The highest BCUT2D eigenvalue weighted by molar-refractivity contribution is 5.77. The normalized spacial score (nSPS) is 28.4. The third-order valence-corrected chi connectivity index (χ3v) is 4.99. The first-order valence-electron chi connectivity index (χ1n) is 7.91. The first-order chi connectivity index (χ1) is 9.16. The molecule has 3 rings (SSSR count). The van der Waals surface area contributed by atoms with Gasteiger partial charge in [0.25, 0.3) is 0 Å². The van der Waals surface area contributed by atoms with Crippen LogP contribution >= 0.6 is 0 Å². The van der Waals surface area contributed by atoms with E-state index < -0.39 is 5.60 Å². The maximum absolute atomic E-state index is 12.3. The van der Waals surface area contributed by atoms with Crippen molar-refractivity contribution in [2.24, 2.45) is 0 Å². The molecular formula is C15H26N2O2. The molecule has 0 aromatic rings. The van der Waals surface area contributed by atoms with Gasteiger partial charge in [-0.2, -0.15) is 0 Å². The fourth-order valence-corrected chi connectivity index (χ4v) is 3.56. The predicted molar refractivity (Wildman–Crippen MR) is 73.8 cm³/mol. The highest BCUT2D eigenvalue weighted by Gasteiger charge is 2.36. The summed E-state index contributed by atoms with van der Waals surface area (Å²) in [5, 5.41) is 10.5. The SMILES string of the molecule is O=C(CC1(O)CCCCC1)N1CCN(C2CC2)CC1. The minimum atomic E-state index is -0.705. The van der Waals surface area contributed by atoms with Crippen molar-refractivity contribution in [2.45, 2.75) is 63.0 Å². The molecule has 2 aliphatic carbocycles. The summed E-state index contributed by atoms with van der Waals surface area (Å²) in [6.45, 7) is 3.75. The van der Waals surface area contributed by atoms with Crippen LogP contribution in [0.3, 0.4) is 0 Å². The second kappa shape index (κ2) is 5.41. The molecule has 3 aliphatic rings. The van der Waals surface area contributed by atoms with Gasteiger partial charge < -0.3 is 10.0 Å². The molecule has 4 heteroatoms. The van der Waals surface area contributed by atoms with Crippen molar-refractivity contribution < 1.29 is 9.90 Å². The summed E-state index contributed by atoms with van der Waals surface area (Å²) in [5.41, 5.74) is -0.705. The quantitative estimate of drug-likeness (QED) is 0.839. The smallest absolute Gasteiger partial charge is 0.225 e. The molecule has 0 atom stereocenters. The number of hydrogen-bond acceptors (Lipinski definition) is 3. The number of carbonyl (C=O) groups is 1. The van der Waals surface area contributed by atoms with Gasteiger partial charge in [0, 0.05) is 32.2 Å². The highest BCUT2D eigenvalue weighted by atomic mass is 16.3. The molecule has 1 N–H and O–H groups in total. The van der Waals surface area contributed by atoms with Gasteiger partial charge in [-0.25, -0.2) is 0 Å². The summed E-state index contributed by atoms with van der Waals surface area (Å²) in [6.07, 6.45) is 7.98. The Balaban J connectivity index is 1.47. The van der Waals surface area contributed by atoms with Crippen LogP contribution in [0.2, 0.25) is 0 Å². The first-order valence-corrected chi connectivity index (χ1v) is 7.91. The number of aliphatic hydroxyl groups is 1. The van der Waals surface area contributed by atoms with Gasteiger partial charge >= 0.3 is 0 Å². The van der Waals surface area contributed by atoms with Gasteiger partial charge in [-0.05, 0) is 25.7 Å². The Hall–Kier alpha value is -0.610. The van der Waals surface area contributed by atoms with E-state index in [9.17, 15) is 9.90 Å². The topological polar surface area (TPSA) is 43.8 Å². The van der Waals surface area contributed by atoms with Crippen LogP contribution in [0.1, 0.15) is 51.4 Å². The molecule has 4 nitrogen and oxygen atoms in total. The van der Waals surface area contributed by atoms with Gasteiger partial charge in [-0.15, -0.1) is 0 Å². The van der Waals surface area contributed by atoms with Crippen LogP contribution in [0.4, 0.5) is 0 Å². The number of piperazine rings is 1. The van der Waals surface area contributed by atoms with E-state index in [-0.39, 0.29) is 5.91 Å². The van der Waals surface area contributed by atoms with Gasteiger partial charge in [0.05, 0.1) is 12.0 Å². The maximum atomic E-state index is 12.3. The highest BCUT2D eigenvalue weighted by Crippen LogP contribution is 2.32. The van der Waals surface area contributed by atoms with Gasteiger partial charge in [0.15, 0.2) is 0 Å². The van der Waals surface area contributed by atoms with E-state index in [0.29, 0.717) is 6.42 Å². The molecule has 0 spiro atoms. The van der Waals surface area contributed by atoms with E-state index in [1.807, 2.05) is 4.90 Å². The van der Waals surface area contributed by atoms with Crippen LogP contribution in [0.5, 0.6) is 0 Å². The molecule has 0 unspecified atom stereocenters. The van der Waals surface area contributed by atoms with E-state index in [4.69, 9.17) is 0 Å². The molecule has 1 heterocycles. The first kappa shape index (κ1) is 13.4. The van der Waals surface area contributed by atoms with Crippen molar-refractivity contribution in [3.05, 3.63) is 0 Å².